The molecular weight excluding hydrogens is 464 g/mol. The zero-order chi connectivity index (χ0) is 24.8. The van der Waals surface area contributed by atoms with Crippen molar-refractivity contribution in [2.45, 2.75) is 38.3 Å². The van der Waals surface area contributed by atoms with Crippen molar-refractivity contribution in [3.05, 3.63) is 59.1 Å². The minimum Gasteiger partial charge on any atom is -0.497 e. The van der Waals surface area contributed by atoms with Gasteiger partial charge in [-0.2, -0.15) is 0 Å². The van der Waals surface area contributed by atoms with Crippen LogP contribution < -0.4 is 15.4 Å². The fourth-order valence-corrected chi connectivity index (χ4v) is 5.11. The summed E-state index contributed by atoms with van der Waals surface area (Å²) in [7, 11) is 3.33. The van der Waals surface area contributed by atoms with Gasteiger partial charge in [-0.25, -0.2) is 4.98 Å². The molecule has 3 aromatic rings. The Morgan fingerprint density at radius 3 is 2.66 bits per heavy atom. The average molecular weight is 495 g/mol. The van der Waals surface area contributed by atoms with E-state index in [-0.39, 0.29) is 30.2 Å². The van der Waals surface area contributed by atoms with E-state index in [1.807, 2.05) is 48.5 Å². The summed E-state index contributed by atoms with van der Waals surface area (Å²) in [5.74, 6) is -0.1000. The molecule has 1 aliphatic heterocycles. The molecule has 1 fully saturated rings. The van der Waals surface area contributed by atoms with Crippen molar-refractivity contribution in [2.75, 3.05) is 20.7 Å². The van der Waals surface area contributed by atoms with Gasteiger partial charge in [0.1, 0.15) is 5.75 Å². The molecule has 8 nitrogen and oxygen atoms in total. The molecule has 2 atom stereocenters. The van der Waals surface area contributed by atoms with Crippen molar-refractivity contribution >= 4 is 39.3 Å². The number of rotatable bonds is 6. The molecule has 0 aliphatic carbocycles. The van der Waals surface area contributed by atoms with Crippen LogP contribution >= 0.6 is 11.3 Å². The van der Waals surface area contributed by atoms with Crippen LogP contribution in [-0.2, 0) is 16.1 Å². The van der Waals surface area contributed by atoms with Gasteiger partial charge in [0.25, 0.3) is 5.91 Å². The molecule has 184 valence electrons. The van der Waals surface area contributed by atoms with Gasteiger partial charge in [0.05, 0.1) is 17.3 Å². The minimum absolute atomic E-state index is 0.101. The van der Waals surface area contributed by atoms with Crippen molar-refractivity contribution in [1.82, 2.24) is 20.5 Å². The van der Waals surface area contributed by atoms with Crippen LogP contribution in [0.5, 0.6) is 5.75 Å². The number of carbonyl (C=O) groups is 3. The monoisotopic (exact) mass is 494 g/mol. The highest BCUT2D eigenvalue weighted by Gasteiger charge is 2.28. The quantitative estimate of drug-likeness (QED) is 0.547. The molecule has 4 rings (SSSR count). The summed E-state index contributed by atoms with van der Waals surface area (Å²) in [5, 5.41) is 6.42. The van der Waals surface area contributed by atoms with Crippen LogP contribution in [-0.4, -0.2) is 54.3 Å². The fourth-order valence-electron chi connectivity index (χ4n) is 4.24. The number of nitrogens with zero attached hydrogens (tertiary/aromatic N) is 2. The first-order valence-corrected chi connectivity index (χ1v) is 12.6. The Hall–Kier alpha value is -3.46. The summed E-state index contributed by atoms with van der Waals surface area (Å²) >= 11 is 1.36. The summed E-state index contributed by atoms with van der Waals surface area (Å²) in [5.41, 5.74) is 1.76. The molecule has 2 N–H and O–H groups in total. The minimum atomic E-state index is -0.401. The van der Waals surface area contributed by atoms with Gasteiger partial charge in [0, 0.05) is 38.5 Å². The number of hydrogen-bond donors (Lipinski definition) is 2. The first kappa shape index (κ1) is 24.7. The third-order valence-corrected chi connectivity index (χ3v) is 7.30. The second-order valence-corrected chi connectivity index (χ2v) is 9.86. The molecule has 0 spiro atoms. The van der Waals surface area contributed by atoms with Gasteiger partial charge in [-0.1, -0.05) is 30.7 Å². The Labute approximate surface area is 208 Å². The maximum Gasteiger partial charge on any atom is 0.280 e. The Bertz CT molecular complexity index is 1160. The third-order valence-electron chi connectivity index (χ3n) is 6.27. The fraction of sp³-hybridized carbons (Fsp3) is 0.385. The predicted octanol–water partition coefficient (Wildman–Crippen LogP) is 3.37. The number of para-hydroxylation sites is 1. The number of aromatic nitrogens is 1. The molecule has 1 aromatic heterocycles. The number of hydrogen-bond acceptors (Lipinski definition) is 6. The topological polar surface area (TPSA) is 101 Å². The normalized spacial score (nSPS) is 18.9. The van der Waals surface area contributed by atoms with Gasteiger partial charge in [-0.3, -0.25) is 14.4 Å². The van der Waals surface area contributed by atoms with E-state index in [4.69, 9.17) is 4.74 Å². The van der Waals surface area contributed by atoms with Gasteiger partial charge in [0.15, 0.2) is 5.01 Å². The Morgan fingerprint density at radius 2 is 1.91 bits per heavy atom. The summed E-state index contributed by atoms with van der Waals surface area (Å²) in [6.45, 7) is 0.792. The van der Waals surface area contributed by atoms with Crippen LogP contribution in [0.1, 0.15) is 41.0 Å². The number of carbonyl (C=O) groups excluding carboxylic acids is 3. The zero-order valence-corrected chi connectivity index (χ0v) is 20.8. The number of benzene rings is 2. The number of likely N-dealkylation sites (N-methyl/N-ethyl adjacent to an activating group) is 1. The number of methoxy groups -OCH3 is 1. The van der Waals surface area contributed by atoms with E-state index < -0.39 is 5.92 Å². The molecule has 1 aliphatic rings. The van der Waals surface area contributed by atoms with Crippen LogP contribution in [0.25, 0.3) is 10.2 Å². The lowest BCUT2D eigenvalue weighted by atomic mass is 9.96. The number of amides is 3. The third kappa shape index (κ3) is 6.36. The van der Waals surface area contributed by atoms with Crippen molar-refractivity contribution in [1.29, 1.82) is 0 Å². The van der Waals surface area contributed by atoms with E-state index in [9.17, 15) is 14.4 Å². The van der Waals surface area contributed by atoms with E-state index in [1.165, 1.54) is 11.3 Å². The Balaban J connectivity index is 1.34. The van der Waals surface area contributed by atoms with Crippen LogP contribution in [0, 0.1) is 5.92 Å². The smallest absolute Gasteiger partial charge is 0.280 e. The molecule has 1 saturated heterocycles. The lowest BCUT2D eigenvalue weighted by Gasteiger charge is -2.24. The number of nitrogens with one attached hydrogen (secondary N) is 2. The highest BCUT2D eigenvalue weighted by molar-refractivity contribution is 7.20. The molecular formula is C26H30N4O4S. The average Bonchev–Trinajstić information content (AvgIpc) is 3.32. The maximum absolute atomic E-state index is 12.9. The van der Waals surface area contributed by atoms with E-state index in [1.54, 1.807) is 19.1 Å². The van der Waals surface area contributed by atoms with Gasteiger partial charge in [-0.15, -0.1) is 11.3 Å². The first-order valence-electron chi connectivity index (χ1n) is 11.7. The van der Waals surface area contributed by atoms with Crippen LogP contribution in [0.4, 0.5) is 0 Å². The Morgan fingerprint density at radius 1 is 1.14 bits per heavy atom. The van der Waals surface area contributed by atoms with Crippen molar-refractivity contribution in [3.63, 3.8) is 0 Å². The Kier molecular flexibility index (Phi) is 7.97. The van der Waals surface area contributed by atoms with Crippen molar-refractivity contribution in [2.24, 2.45) is 5.92 Å². The van der Waals surface area contributed by atoms with E-state index >= 15 is 0 Å². The summed E-state index contributed by atoms with van der Waals surface area (Å²) in [6.07, 6.45) is 2.15. The predicted molar refractivity (Wildman–Crippen MR) is 135 cm³/mol. The first-order chi connectivity index (χ1) is 16.9. The molecule has 0 radical (unpaired) electrons. The van der Waals surface area contributed by atoms with E-state index in [2.05, 4.69) is 15.6 Å². The van der Waals surface area contributed by atoms with Gasteiger partial charge >= 0.3 is 0 Å². The molecule has 9 heteroatoms. The lowest BCUT2D eigenvalue weighted by molar-refractivity contribution is -0.135. The second-order valence-electron chi connectivity index (χ2n) is 8.83. The molecule has 2 heterocycles. The van der Waals surface area contributed by atoms with Gasteiger partial charge in [0.2, 0.25) is 11.8 Å². The summed E-state index contributed by atoms with van der Waals surface area (Å²) in [4.78, 5) is 44.6. The molecule has 0 saturated carbocycles. The summed E-state index contributed by atoms with van der Waals surface area (Å²) in [6, 6.07) is 14.9. The number of fused-ring (bicyclic) bond motifs is 1. The molecule has 2 unspecified atom stereocenters. The maximum atomic E-state index is 12.9. The van der Waals surface area contributed by atoms with Crippen LogP contribution in [0.3, 0.4) is 0 Å². The van der Waals surface area contributed by atoms with E-state index in [0.717, 1.165) is 28.0 Å². The molecule has 0 bridgehead atoms. The standard InChI is InChI=1S/C26H30N4O4S/c1-30-16-19(28-25(33)26-29-21-8-3-4-9-22(21)35-26)7-5-6-18(14-23(30)31)24(32)27-15-17-10-12-20(34-2)13-11-17/h3-4,8-13,18-19H,5-7,14-16H2,1-2H3,(H,27,32)(H,28,33). The highest BCUT2D eigenvalue weighted by Crippen LogP contribution is 2.23. The van der Waals surface area contributed by atoms with Gasteiger partial charge in [-0.05, 0) is 42.7 Å². The van der Waals surface area contributed by atoms with Crippen LogP contribution in [0.15, 0.2) is 48.5 Å². The van der Waals surface area contributed by atoms with Crippen LogP contribution in [0.2, 0.25) is 0 Å². The zero-order valence-electron chi connectivity index (χ0n) is 20.0. The number of ether oxygens (including phenoxy) is 1. The molecule has 35 heavy (non-hydrogen) atoms. The largest absolute Gasteiger partial charge is 0.497 e. The van der Waals surface area contributed by atoms with E-state index in [0.29, 0.717) is 30.9 Å². The molecule has 3 amide bonds. The highest BCUT2D eigenvalue weighted by atomic mass is 32.1. The van der Waals surface area contributed by atoms with Gasteiger partial charge < -0.3 is 20.3 Å². The SMILES string of the molecule is COc1ccc(CNC(=O)C2CCCC(NC(=O)c3nc4ccccc4s3)CN(C)C(=O)C2)cc1. The van der Waals surface area contributed by atoms with Crippen molar-refractivity contribution < 1.29 is 19.1 Å². The summed E-state index contributed by atoms with van der Waals surface area (Å²) < 4.78 is 6.12. The number of thiazole rings is 1. The second kappa shape index (κ2) is 11.3. The van der Waals surface area contributed by atoms with Crippen molar-refractivity contribution in [3.8, 4) is 5.75 Å². The lowest BCUT2D eigenvalue weighted by Crippen LogP contribution is -2.44. The molecule has 2 aromatic carbocycles.